The molecule has 0 aromatic heterocycles. The lowest BCUT2D eigenvalue weighted by Gasteiger charge is -2.30. The number of hydrogen-bond acceptors (Lipinski definition) is 7. The van der Waals surface area contributed by atoms with Gasteiger partial charge in [-0.25, -0.2) is 4.99 Å². The molecule has 0 radical (unpaired) electrons. The Labute approximate surface area is 171 Å². The number of methoxy groups -OCH3 is 2. The maximum absolute atomic E-state index is 6.19. The Kier molecular flexibility index (Phi) is 6.95. The van der Waals surface area contributed by atoms with Gasteiger partial charge in [-0.3, -0.25) is 0 Å². The highest BCUT2D eigenvalue weighted by Gasteiger charge is 2.24. The molecule has 3 rings (SSSR count). The SMILES string of the molecule is C#Cc1cccc(N2CN=C(N)c3cc(OCCOC)c(OCCOC)cc32)c1. The molecular weight excluding hydrogens is 370 g/mol. The summed E-state index contributed by atoms with van der Waals surface area (Å²) < 4.78 is 21.9. The maximum atomic E-state index is 6.19. The van der Waals surface area contributed by atoms with Crippen LogP contribution in [0.25, 0.3) is 0 Å². The van der Waals surface area contributed by atoms with Gasteiger partial charge in [0.2, 0.25) is 0 Å². The van der Waals surface area contributed by atoms with Crippen LogP contribution in [-0.4, -0.2) is 53.2 Å². The van der Waals surface area contributed by atoms with Gasteiger partial charge in [-0.15, -0.1) is 6.42 Å². The first kappa shape index (κ1) is 20.5. The Hall–Kier alpha value is -3.21. The van der Waals surface area contributed by atoms with E-state index in [1.165, 1.54) is 0 Å². The van der Waals surface area contributed by atoms with Crippen molar-refractivity contribution < 1.29 is 18.9 Å². The summed E-state index contributed by atoms with van der Waals surface area (Å²) in [4.78, 5) is 6.49. The van der Waals surface area contributed by atoms with Crippen LogP contribution in [-0.2, 0) is 9.47 Å². The molecule has 1 heterocycles. The topological polar surface area (TPSA) is 78.5 Å². The van der Waals surface area contributed by atoms with Gasteiger partial charge in [0.25, 0.3) is 0 Å². The Balaban J connectivity index is 2.01. The Bertz CT molecular complexity index is 921. The standard InChI is InChI=1S/C22H25N3O4/c1-4-16-6-5-7-17(12-16)25-15-24-22(23)18-13-20(28-10-8-26-2)21(14-19(18)25)29-11-9-27-3/h1,5-7,12-14H,8-11,15H2,2-3H3,(H2,23,24). The zero-order valence-electron chi connectivity index (χ0n) is 16.7. The summed E-state index contributed by atoms with van der Waals surface area (Å²) >= 11 is 0. The minimum absolute atomic E-state index is 0.383. The van der Waals surface area contributed by atoms with Gasteiger partial charge in [0.15, 0.2) is 11.5 Å². The first-order valence-electron chi connectivity index (χ1n) is 9.24. The summed E-state index contributed by atoms with van der Waals surface area (Å²) in [5, 5.41) is 0. The highest BCUT2D eigenvalue weighted by Crippen LogP contribution is 2.40. The Morgan fingerprint density at radius 2 is 1.72 bits per heavy atom. The largest absolute Gasteiger partial charge is 0.487 e. The second kappa shape index (κ2) is 9.82. The van der Waals surface area contributed by atoms with Crippen LogP contribution in [0.1, 0.15) is 11.1 Å². The Morgan fingerprint density at radius 1 is 1.03 bits per heavy atom. The van der Waals surface area contributed by atoms with Crippen molar-refractivity contribution in [1.29, 1.82) is 0 Å². The van der Waals surface area contributed by atoms with Gasteiger partial charge in [0.05, 0.1) is 18.9 Å². The monoisotopic (exact) mass is 395 g/mol. The molecule has 29 heavy (non-hydrogen) atoms. The van der Waals surface area contributed by atoms with Gasteiger partial charge >= 0.3 is 0 Å². The van der Waals surface area contributed by atoms with Crippen molar-refractivity contribution in [2.24, 2.45) is 10.7 Å². The van der Waals surface area contributed by atoms with Crippen molar-refractivity contribution in [2.75, 3.05) is 52.2 Å². The number of fused-ring (bicyclic) bond motifs is 1. The fraction of sp³-hybridized carbons (Fsp3) is 0.318. The fourth-order valence-electron chi connectivity index (χ4n) is 2.97. The number of benzene rings is 2. The first-order chi connectivity index (χ1) is 14.2. The summed E-state index contributed by atoms with van der Waals surface area (Å²) in [7, 11) is 3.25. The van der Waals surface area contributed by atoms with Crippen molar-refractivity contribution in [1.82, 2.24) is 0 Å². The smallest absolute Gasteiger partial charge is 0.163 e. The molecule has 0 atom stereocenters. The van der Waals surface area contributed by atoms with Crippen LogP contribution < -0.4 is 20.1 Å². The lowest BCUT2D eigenvalue weighted by atomic mass is 10.1. The molecule has 2 aromatic rings. The number of amidine groups is 1. The van der Waals surface area contributed by atoms with E-state index in [-0.39, 0.29) is 0 Å². The number of ether oxygens (including phenoxy) is 4. The summed E-state index contributed by atoms with van der Waals surface area (Å²) in [5.41, 5.74) is 9.55. The molecule has 0 saturated carbocycles. The molecule has 0 aliphatic carbocycles. The first-order valence-corrected chi connectivity index (χ1v) is 9.24. The van der Waals surface area contributed by atoms with Crippen LogP contribution in [0, 0.1) is 12.3 Å². The molecule has 0 spiro atoms. The Morgan fingerprint density at radius 3 is 2.38 bits per heavy atom. The normalized spacial score (nSPS) is 12.7. The van der Waals surface area contributed by atoms with Gasteiger partial charge in [-0.2, -0.15) is 0 Å². The number of rotatable bonds is 9. The number of aliphatic imine (C=N–C) groups is 1. The number of hydrogen-bond donors (Lipinski definition) is 1. The predicted molar refractivity (Wildman–Crippen MR) is 113 cm³/mol. The zero-order chi connectivity index (χ0) is 20.6. The van der Waals surface area contributed by atoms with Gasteiger partial charge in [0.1, 0.15) is 25.7 Å². The van der Waals surface area contributed by atoms with Crippen molar-refractivity contribution in [2.45, 2.75) is 0 Å². The zero-order valence-corrected chi connectivity index (χ0v) is 16.7. The number of nitrogens with two attached hydrogens (primary N) is 1. The van der Waals surface area contributed by atoms with Crippen LogP contribution in [0.15, 0.2) is 41.4 Å². The predicted octanol–water partition coefficient (Wildman–Crippen LogP) is 2.53. The summed E-state index contributed by atoms with van der Waals surface area (Å²) in [6.07, 6.45) is 5.56. The third-order valence-electron chi connectivity index (χ3n) is 4.43. The molecule has 0 amide bonds. The van der Waals surface area contributed by atoms with Crippen LogP contribution in [0.5, 0.6) is 11.5 Å². The minimum Gasteiger partial charge on any atom is -0.487 e. The molecular formula is C22H25N3O4. The van der Waals surface area contributed by atoms with E-state index in [1.54, 1.807) is 14.2 Å². The highest BCUT2D eigenvalue weighted by atomic mass is 16.5. The molecule has 0 unspecified atom stereocenters. The van der Waals surface area contributed by atoms with E-state index in [1.807, 2.05) is 41.3 Å². The van der Waals surface area contributed by atoms with E-state index >= 15 is 0 Å². The molecule has 0 bridgehead atoms. The van der Waals surface area contributed by atoms with Crippen LogP contribution in [0.3, 0.4) is 0 Å². The van der Waals surface area contributed by atoms with Crippen LogP contribution >= 0.6 is 0 Å². The van der Waals surface area contributed by atoms with E-state index in [2.05, 4.69) is 10.9 Å². The van der Waals surface area contributed by atoms with Gasteiger partial charge in [-0.05, 0) is 24.3 Å². The van der Waals surface area contributed by atoms with Crippen LogP contribution in [0.4, 0.5) is 11.4 Å². The maximum Gasteiger partial charge on any atom is 0.163 e. The number of nitrogens with zero attached hydrogens (tertiary/aromatic N) is 2. The highest BCUT2D eigenvalue weighted by molar-refractivity contribution is 6.05. The van der Waals surface area contributed by atoms with E-state index in [0.717, 1.165) is 22.5 Å². The molecule has 7 heteroatoms. The summed E-state index contributed by atoms with van der Waals surface area (Å²) in [6.45, 7) is 2.09. The molecule has 1 aliphatic rings. The van der Waals surface area contributed by atoms with Crippen molar-refractivity contribution in [3.63, 3.8) is 0 Å². The average molecular weight is 395 g/mol. The fourth-order valence-corrected chi connectivity index (χ4v) is 2.97. The van der Waals surface area contributed by atoms with E-state index in [0.29, 0.717) is 50.4 Å². The summed E-state index contributed by atoms with van der Waals surface area (Å²) in [5.74, 6) is 4.29. The second-order valence-corrected chi connectivity index (χ2v) is 6.31. The van der Waals surface area contributed by atoms with Gasteiger partial charge in [-0.1, -0.05) is 12.0 Å². The van der Waals surface area contributed by atoms with Crippen molar-refractivity contribution in [3.05, 3.63) is 47.5 Å². The molecule has 0 fully saturated rings. The van der Waals surface area contributed by atoms with Gasteiger partial charge < -0.3 is 29.6 Å². The van der Waals surface area contributed by atoms with Crippen molar-refractivity contribution in [3.8, 4) is 23.8 Å². The third kappa shape index (κ3) is 4.80. The molecule has 1 aliphatic heterocycles. The molecule has 0 saturated heterocycles. The minimum atomic E-state index is 0.383. The van der Waals surface area contributed by atoms with E-state index in [4.69, 9.17) is 31.1 Å². The molecule has 2 aromatic carbocycles. The second-order valence-electron chi connectivity index (χ2n) is 6.31. The van der Waals surface area contributed by atoms with Gasteiger partial charge in [0, 0.05) is 37.1 Å². The van der Waals surface area contributed by atoms with E-state index in [9.17, 15) is 0 Å². The van der Waals surface area contributed by atoms with Crippen molar-refractivity contribution >= 4 is 17.2 Å². The number of terminal acetylenes is 1. The number of anilines is 2. The summed E-state index contributed by atoms with van der Waals surface area (Å²) in [6, 6.07) is 11.5. The quantitative estimate of drug-likeness (QED) is 0.519. The lowest BCUT2D eigenvalue weighted by molar-refractivity contribution is 0.132. The average Bonchev–Trinajstić information content (AvgIpc) is 2.75. The third-order valence-corrected chi connectivity index (χ3v) is 4.43. The lowest BCUT2D eigenvalue weighted by Crippen LogP contribution is -2.29. The molecule has 152 valence electrons. The van der Waals surface area contributed by atoms with E-state index < -0.39 is 0 Å². The molecule has 7 nitrogen and oxygen atoms in total. The molecule has 2 N–H and O–H groups in total. The van der Waals surface area contributed by atoms with Crippen LogP contribution in [0.2, 0.25) is 0 Å².